The lowest BCUT2D eigenvalue weighted by Gasteiger charge is -1.76. The third-order valence-corrected chi connectivity index (χ3v) is 2.30. The van der Waals surface area contributed by atoms with Crippen molar-refractivity contribution in [3.05, 3.63) is 27.2 Å². The van der Waals surface area contributed by atoms with E-state index in [0.717, 1.165) is 4.88 Å². The van der Waals surface area contributed by atoms with Crippen molar-refractivity contribution in [1.82, 2.24) is 0 Å². The second-order valence-corrected chi connectivity index (χ2v) is 3.50. The normalized spacial score (nSPS) is 9.88. The third-order valence-electron chi connectivity index (χ3n) is 0.727. The Morgan fingerprint density at radius 2 is 2.12 bits per heavy atom. The first-order valence-electron chi connectivity index (χ1n) is 1.97. The third kappa shape index (κ3) is 1.16. The molecule has 1 rings (SSSR count). The molecule has 0 aromatic carbocycles. The molecule has 43 valence electrons. The summed E-state index contributed by atoms with van der Waals surface area (Å²) in [5, 5.41) is 0.653. The van der Waals surface area contributed by atoms with E-state index in [1.165, 1.54) is 11.3 Å². The van der Waals surface area contributed by atoms with Crippen molar-refractivity contribution in [2.75, 3.05) is 0 Å². The molecule has 3 heteroatoms. The average Bonchev–Trinajstić information content (AvgIpc) is 1.85. The number of rotatable bonds is 0. The van der Waals surface area contributed by atoms with Crippen molar-refractivity contribution >= 4 is 34.5 Å². The van der Waals surface area contributed by atoms with Crippen LogP contribution in [0.2, 0.25) is 9.36 Å². The van der Waals surface area contributed by atoms with Gasteiger partial charge in [-0.05, 0) is 13.0 Å². The molecular formula is C5H3Cl2S. The highest BCUT2D eigenvalue weighted by Crippen LogP contribution is 2.28. The Hall–Kier alpha value is 0.280. The molecule has 0 unspecified atom stereocenters. The molecule has 8 heavy (non-hydrogen) atoms. The maximum atomic E-state index is 5.59. The Kier molecular flexibility index (Phi) is 1.81. The van der Waals surface area contributed by atoms with Crippen LogP contribution in [0.1, 0.15) is 4.88 Å². The van der Waals surface area contributed by atoms with Crippen LogP contribution >= 0.6 is 34.5 Å². The van der Waals surface area contributed by atoms with Crippen molar-refractivity contribution in [2.24, 2.45) is 0 Å². The maximum Gasteiger partial charge on any atom is 0.0946 e. The maximum absolute atomic E-state index is 5.59. The molecule has 1 aromatic rings. The standard InChI is InChI=1S/C5H3Cl2S/c1-3-4(6)2-5(7)8-3/h2H,1H2. The van der Waals surface area contributed by atoms with Gasteiger partial charge in [-0.2, -0.15) is 0 Å². The van der Waals surface area contributed by atoms with Crippen molar-refractivity contribution in [1.29, 1.82) is 0 Å². The zero-order valence-electron chi connectivity index (χ0n) is 3.95. The van der Waals surface area contributed by atoms with E-state index in [1.807, 2.05) is 0 Å². The Balaban J connectivity index is 3.14. The molecule has 0 fully saturated rings. The fraction of sp³-hybridized carbons (Fsp3) is 0. The predicted molar refractivity (Wildman–Crippen MR) is 38.8 cm³/mol. The fourth-order valence-electron chi connectivity index (χ4n) is 0.376. The first-order valence-corrected chi connectivity index (χ1v) is 3.54. The lowest BCUT2D eigenvalue weighted by Crippen LogP contribution is -1.52. The van der Waals surface area contributed by atoms with Gasteiger partial charge in [0.2, 0.25) is 0 Å². The first kappa shape index (κ1) is 6.40. The van der Waals surface area contributed by atoms with Crippen LogP contribution in [0.5, 0.6) is 0 Å². The molecule has 0 aliphatic carbocycles. The Labute approximate surface area is 62.0 Å². The van der Waals surface area contributed by atoms with Gasteiger partial charge in [-0.3, -0.25) is 0 Å². The summed E-state index contributed by atoms with van der Waals surface area (Å²) in [7, 11) is 0. The lowest BCUT2D eigenvalue weighted by atomic mass is 10.5. The van der Waals surface area contributed by atoms with E-state index >= 15 is 0 Å². The molecule has 0 bridgehead atoms. The minimum absolute atomic E-state index is 0.653. The van der Waals surface area contributed by atoms with Crippen molar-refractivity contribution in [2.45, 2.75) is 0 Å². The van der Waals surface area contributed by atoms with Crippen molar-refractivity contribution in [3.63, 3.8) is 0 Å². The zero-order chi connectivity index (χ0) is 6.15. The summed E-state index contributed by atoms with van der Waals surface area (Å²) in [4.78, 5) is 0.830. The molecule has 0 saturated carbocycles. The van der Waals surface area contributed by atoms with Crippen LogP contribution in [0.4, 0.5) is 0 Å². The van der Waals surface area contributed by atoms with E-state index in [1.54, 1.807) is 6.07 Å². The van der Waals surface area contributed by atoms with Gasteiger partial charge in [0.1, 0.15) is 0 Å². The minimum atomic E-state index is 0.653. The van der Waals surface area contributed by atoms with Crippen LogP contribution in [0.3, 0.4) is 0 Å². The van der Waals surface area contributed by atoms with E-state index in [9.17, 15) is 0 Å². The van der Waals surface area contributed by atoms with E-state index in [-0.39, 0.29) is 0 Å². The van der Waals surface area contributed by atoms with Crippen molar-refractivity contribution < 1.29 is 0 Å². The van der Waals surface area contributed by atoms with E-state index in [2.05, 4.69) is 6.92 Å². The molecule has 0 N–H and O–H groups in total. The van der Waals surface area contributed by atoms with E-state index in [0.29, 0.717) is 9.36 Å². The topological polar surface area (TPSA) is 0 Å². The van der Waals surface area contributed by atoms with Gasteiger partial charge in [0.05, 0.1) is 9.36 Å². The SMILES string of the molecule is [CH2]c1sc(Cl)cc1Cl. The molecule has 1 radical (unpaired) electrons. The molecule has 0 nitrogen and oxygen atoms in total. The summed E-state index contributed by atoms with van der Waals surface area (Å²) in [6.45, 7) is 3.64. The molecular weight excluding hydrogens is 163 g/mol. The Morgan fingerprint density at radius 1 is 1.50 bits per heavy atom. The van der Waals surface area contributed by atoms with Crippen LogP contribution in [0.25, 0.3) is 0 Å². The highest BCUT2D eigenvalue weighted by Gasteiger charge is 1.98. The first-order chi connectivity index (χ1) is 3.70. The smallest absolute Gasteiger partial charge is 0.0946 e. The molecule has 0 saturated heterocycles. The number of thiophene rings is 1. The largest absolute Gasteiger partial charge is 0.127 e. The Bertz CT molecular complexity index is 173. The molecule has 1 heterocycles. The molecule has 0 spiro atoms. The van der Waals surface area contributed by atoms with Gasteiger partial charge in [-0.25, -0.2) is 0 Å². The van der Waals surface area contributed by atoms with Crippen LogP contribution in [0.15, 0.2) is 6.07 Å². The van der Waals surface area contributed by atoms with Gasteiger partial charge in [-0.15, -0.1) is 11.3 Å². The molecule has 0 aliphatic rings. The average molecular weight is 166 g/mol. The highest BCUT2D eigenvalue weighted by molar-refractivity contribution is 7.16. The molecule has 0 aliphatic heterocycles. The summed E-state index contributed by atoms with van der Waals surface area (Å²) in [5.74, 6) is 0. The van der Waals surface area contributed by atoms with E-state index in [4.69, 9.17) is 23.2 Å². The van der Waals surface area contributed by atoms with Gasteiger partial charge in [-0.1, -0.05) is 23.2 Å². The zero-order valence-corrected chi connectivity index (χ0v) is 6.28. The molecule has 0 amide bonds. The van der Waals surface area contributed by atoms with Crippen LogP contribution in [0, 0.1) is 6.92 Å². The summed E-state index contributed by atoms with van der Waals surface area (Å²) in [6.07, 6.45) is 0. The number of hydrogen-bond donors (Lipinski definition) is 0. The lowest BCUT2D eigenvalue weighted by molar-refractivity contribution is 1.88. The summed E-state index contributed by atoms with van der Waals surface area (Å²) in [6, 6.07) is 1.69. The van der Waals surface area contributed by atoms with Crippen LogP contribution in [-0.2, 0) is 0 Å². The van der Waals surface area contributed by atoms with Gasteiger partial charge >= 0.3 is 0 Å². The second-order valence-electron chi connectivity index (χ2n) is 1.32. The van der Waals surface area contributed by atoms with Gasteiger partial charge < -0.3 is 0 Å². The minimum Gasteiger partial charge on any atom is -0.127 e. The van der Waals surface area contributed by atoms with E-state index < -0.39 is 0 Å². The summed E-state index contributed by atoms with van der Waals surface area (Å²) in [5.41, 5.74) is 0. The van der Waals surface area contributed by atoms with Gasteiger partial charge in [0.25, 0.3) is 0 Å². The van der Waals surface area contributed by atoms with Crippen LogP contribution in [-0.4, -0.2) is 0 Å². The highest BCUT2D eigenvalue weighted by atomic mass is 35.5. The quantitative estimate of drug-likeness (QED) is 0.554. The number of hydrogen-bond acceptors (Lipinski definition) is 1. The van der Waals surface area contributed by atoms with Gasteiger partial charge in [0, 0.05) is 4.88 Å². The molecule has 0 atom stereocenters. The second kappa shape index (κ2) is 2.26. The summed E-state index contributed by atoms with van der Waals surface area (Å²) >= 11 is 12.5. The number of halogens is 2. The Morgan fingerprint density at radius 3 is 2.25 bits per heavy atom. The van der Waals surface area contributed by atoms with Crippen LogP contribution < -0.4 is 0 Å². The summed E-state index contributed by atoms with van der Waals surface area (Å²) < 4.78 is 0.694. The monoisotopic (exact) mass is 165 g/mol. The predicted octanol–water partition coefficient (Wildman–Crippen LogP) is 3.24. The molecule has 1 aromatic heterocycles. The fourth-order valence-corrected chi connectivity index (χ4v) is 1.68. The van der Waals surface area contributed by atoms with Crippen molar-refractivity contribution in [3.8, 4) is 0 Å². The van der Waals surface area contributed by atoms with Gasteiger partial charge in [0.15, 0.2) is 0 Å².